The Morgan fingerprint density at radius 3 is 1.90 bits per heavy atom. The Bertz CT molecular complexity index is 2390. The van der Waals surface area contributed by atoms with E-state index in [2.05, 4.69) is 130 Å². The first-order valence-electron chi connectivity index (χ1n) is 13.3. The quantitative estimate of drug-likeness (QED) is 0.233. The number of nitrogens with zero attached hydrogens (tertiary/aromatic N) is 2. The Balaban J connectivity index is 1.47. The van der Waals surface area contributed by atoms with E-state index in [1.165, 1.54) is 49.3 Å². The molecule has 39 heavy (non-hydrogen) atoms. The number of fused-ring (bicyclic) bond motifs is 10. The summed E-state index contributed by atoms with van der Waals surface area (Å²) in [4.78, 5) is 0. The van der Waals surface area contributed by atoms with Crippen molar-refractivity contribution in [2.24, 2.45) is 0 Å². The summed E-state index contributed by atoms with van der Waals surface area (Å²) in [5.74, 6) is 0. The Kier molecular flexibility index (Phi) is 4.05. The minimum absolute atomic E-state index is 0.910. The van der Waals surface area contributed by atoms with Gasteiger partial charge in [-0.1, -0.05) is 78.9 Å². The van der Waals surface area contributed by atoms with Crippen molar-refractivity contribution in [3.8, 4) is 11.4 Å². The molecule has 6 aromatic carbocycles. The molecule has 0 unspecified atom stereocenters. The van der Waals surface area contributed by atoms with Crippen LogP contribution in [0.5, 0.6) is 0 Å². The SMILES string of the molecule is c1ccc(-n2c3ccccc3c3ccc4c(c5ccccc5n4-c4ccc5oc6ccccc6c5c4)c32)cc1. The summed E-state index contributed by atoms with van der Waals surface area (Å²) in [5.41, 5.74) is 8.96. The molecule has 0 fully saturated rings. The summed E-state index contributed by atoms with van der Waals surface area (Å²) in [5, 5.41) is 7.31. The molecule has 3 aromatic heterocycles. The van der Waals surface area contributed by atoms with Gasteiger partial charge in [-0.25, -0.2) is 0 Å². The standard InChI is InChI=1S/C36H22N2O/c1-2-10-23(11-3-1)38-30-15-7-4-12-25(30)27-19-20-32-35(36(27)38)28-14-5-8-16-31(28)37(32)24-18-21-34-29(22-24)26-13-6-9-17-33(26)39-34/h1-22H. The number of hydrogen-bond acceptors (Lipinski definition) is 1. The Morgan fingerprint density at radius 2 is 1.05 bits per heavy atom. The molecule has 0 aliphatic rings. The molecule has 9 rings (SSSR count). The highest BCUT2D eigenvalue weighted by Crippen LogP contribution is 2.42. The van der Waals surface area contributed by atoms with Crippen LogP contribution < -0.4 is 0 Å². The van der Waals surface area contributed by atoms with Crippen LogP contribution in [-0.2, 0) is 0 Å². The van der Waals surface area contributed by atoms with E-state index in [1.54, 1.807) is 0 Å². The van der Waals surface area contributed by atoms with E-state index in [0.29, 0.717) is 0 Å². The zero-order valence-corrected chi connectivity index (χ0v) is 21.0. The van der Waals surface area contributed by atoms with Crippen LogP contribution in [0.25, 0.3) is 76.9 Å². The van der Waals surface area contributed by atoms with Gasteiger partial charge in [-0.05, 0) is 54.6 Å². The maximum atomic E-state index is 6.14. The predicted molar refractivity (Wildman–Crippen MR) is 162 cm³/mol. The maximum Gasteiger partial charge on any atom is 0.135 e. The average Bonchev–Trinajstić information content (AvgIpc) is 3.65. The number of benzene rings is 6. The van der Waals surface area contributed by atoms with Crippen LogP contribution in [0.4, 0.5) is 0 Å². The van der Waals surface area contributed by atoms with E-state index in [-0.39, 0.29) is 0 Å². The van der Waals surface area contributed by atoms with Crippen molar-refractivity contribution in [2.45, 2.75) is 0 Å². The van der Waals surface area contributed by atoms with Gasteiger partial charge in [0, 0.05) is 43.7 Å². The maximum absolute atomic E-state index is 6.14. The number of para-hydroxylation sites is 4. The lowest BCUT2D eigenvalue weighted by atomic mass is 10.1. The highest BCUT2D eigenvalue weighted by Gasteiger charge is 2.21. The molecule has 0 radical (unpaired) electrons. The fourth-order valence-corrected chi connectivity index (χ4v) is 6.49. The summed E-state index contributed by atoms with van der Waals surface area (Å²) < 4.78 is 11.0. The number of rotatable bonds is 2. The van der Waals surface area contributed by atoms with Gasteiger partial charge in [0.25, 0.3) is 0 Å². The van der Waals surface area contributed by atoms with Crippen LogP contribution >= 0.6 is 0 Å². The molecule has 182 valence electrons. The minimum atomic E-state index is 0.910. The highest BCUT2D eigenvalue weighted by molar-refractivity contribution is 6.26. The Morgan fingerprint density at radius 1 is 0.385 bits per heavy atom. The normalized spacial score (nSPS) is 12.1. The molecule has 9 aromatic rings. The summed E-state index contributed by atoms with van der Waals surface area (Å²) in [7, 11) is 0. The third-order valence-corrected chi connectivity index (χ3v) is 8.10. The fraction of sp³-hybridized carbons (Fsp3) is 0. The van der Waals surface area contributed by atoms with E-state index < -0.39 is 0 Å². The van der Waals surface area contributed by atoms with Gasteiger partial charge < -0.3 is 13.6 Å². The van der Waals surface area contributed by atoms with Gasteiger partial charge >= 0.3 is 0 Å². The lowest BCUT2D eigenvalue weighted by Crippen LogP contribution is -1.95. The lowest BCUT2D eigenvalue weighted by molar-refractivity contribution is 0.669. The van der Waals surface area contributed by atoms with Crippen molar-refractivity contribution in [3.05, 3.63) is 133 Å². The summed E-state index contributed by atoms with van der Waals surface area (Å²) in [6, 6.07) is 47.6. The molecule has 0 aliphatic heterocycles. The topological polar surface area (TPSA) is 23.0 Å². The molecule has 0 bridgehead atoms. The molecule has 0 spiro atoms. The van der Waals surface area contributed by atoms with Gasteiger partial charge in [0.2, 0.25) is 0 Å². The summed E-state index contributed by atoms with van der Waals surface area (Å²) >= 11 is 0. The molecular formula is C36H22N2O. The van der Waals surface area contributed by atoms with Gasteiger partial charge in [-0.2, -0.15) is 0 Å². The number of furan rings is 1. The van der Waals surface area contributed by atoms with E-state index in [0.717, 1.165) is 27.6 Å². The van der Waals surface area contributed by atoms with Crippen molar-refractivity contribution < 1.29 is 4.42 Å². The van der Waals surface area contributed by atoms with E-state index in [1.807, 2.05) is 12.1 Å². The van der Waals surface area contributed by atoms with Crippen LogP contribution in [0.2, 0.25) is 0 Å². The van der Waals surface area contributed by atoms with Gasteiger partial charge in [0.15, 0.2) is 0 Å². The third-order valence-electron chi connectivity index (χ3n) is 8.10. The fourth-order valence-electron chi connectivity index (χ4n) is 6.49. The Labute approximate surface area is 223 Å². The van der Waals surface area contributed by atoms with Crippen molar-refractivity contribution in [2.75, 3.05) is 0 Å². The smallest absolute Gasteiger partial charge is 0.135 e. The zero-order chi connectivity index (χ0) is 25.5. The number of aromatic nitrogens is 2. The molecule has 0 saturated heterocycles. The second-order valence-corrected chi connectivity index (χ2v) is 10.2. The second-order valence-electron chi connectivity index (χ2n) is 10.2. The number of hydrogen-bond donors (Lipinski definition) is 0. The van der Waals surface area contributed by atoms with Gasteiger partial charge in [0.05, 0.1) is 22.1 Å². The summed E-state index contributed by atoms with van der Waals surface area (Å²) in [6.45, 7) is 0. The zero-order valence-electron chi connectivity index (χ0n) is 21.0. The first-order valence-corrected chi connectivity index (χ1v) is 13.3. The van der Waals surface area contributed by atoms with Crippen LogP contribution in [0.1, 0.15) is 0 Å². The van der Waals surface area contributed by atoms with Crippen LogP contribution in [0.3, 0.4) is 0 Å². The monoisotopic (exact) mass is 498 g/mol. The molecule has 0 atom stereocenters. The lowest BCUT2D eigenvalue weighted by Gasteiger charge is -2.10. The molecule has 0 N–H and O–H groups in total. The van der Waals surface area contributed by atoms with Crippen LogP contribution in [0.15, 0.2) is 138 Å². The van der Waals surface area contributed by atoms with Crippen molar-refractivity contribution >= 4 is 65.6 Å². The summed E-state index contributed by atoms with van der Waals surface area (Å²) in [6.07, 6.45) is 0. The first-order chi connectivity index (χ1) is 19.4. The predicted octanol–water partition coefficient (Wildman–Crippen LogP) is 9.78. The molecule has 3 heteroatoms. The van der Waals surface area contributed by atoms with Crippen LogP contribution in [-0.4, -0.2) is 9.13 Å². The van der Waals surface area contributed by atoms with Crippen LogP contribution in [0, 0.1) is 0 Å². The van der Waals surface area contributed by atoms with E-state index >= 15 is 0 Å². The average molecular weight is 499 g/mol. The van der Waals surface area contributed by atoms with Crippen molar-refractivity contribution in [1.82, 2.24) is 9.13 Å². The first kappa shape index (κ1) is 20.7. The van der Waals surface area contributed by atoms with Crippen molar-refractivity contribution in [3.63, 3.8) is 0 Å². The second kappa shape index (κ2) is 7.62. The molecule has 0 amide bonds. The minimum Gasteiger partial charge on any atom is -0.456 e. The van der Waals surface area contributed by atoms with E-state index in [4.69, 9.17) is 4.42 Å². The molecular weight excluding hydrogens is 476 g/mol. The van der Waals surface area contributed by atoms with Crippen molar-refractivity contribution in [1.29, 1.82) is 0 Å². The van der Waals surface area contributed by atoms with E-state index in [9.17, 15) is 0 Å². The van der Waals surface area contributed by atoms with Gasteiger partial charge in [0.1, 0.15) is 11.2 Å². The molecule has 3 heterocycles. The largest absolute Gasteiger partial charge is 0.456 e. The third kappa shape index (κ3) is 2.76. The Hall–Kier alpha value is -5.28. The molecule has 0 saturated carbocycles. The molecule has 0 aliphatic carbocycles. The molecule has 3 nitrogen and oxygen atoms in total. The highest BCUT2D eigenvalue weighted by atomic mass is 16.3. The van der Waals surface area contributed by atoms with Gasteiger partial charge in [-0.15, -0.1) is 0 Å². The van der Waals surface area contributed by atoms with Gasteiger partial charge in [-0.3, -0.25) is 0 Å².